The van der Waals surface area contributed by atoms with Crippen LogP contribution in [0.1, 0.15) is 36.6 Å². The Balaban J connectivity index is 1.67. The first-order chi connectivity index (χ1) is 17.5. The molecule has 1 aliphatic rings. The zero-order valence-corrected chi connectivity index (χ0v) is 23.0. The molecule has 3 aromatic rings. The number of nitrogens with zero attached hydrogens (tertiary/aromatic N) is 1. The molecule has 1 heterocycles. The number of amides is 2. The van der Waals surface area contributed by atoms with E-state index in [1.807, 2.05) is 0 Å². The maximum atomic E-state index is 13.4. The van der Waals surface area contributed by atoms with E-state index in [0.29, 0.717) is 16.0 Å². The summed E-state index contributed by atoms with van der Waals surface area (Å²) in [6, 6.07) is 10.7. The van der Waals surface area contributed by atoms with Crippen LogP contribution < -0.4 is 0 Å². The number of ketones is 1. The fourth-order valence-corrected chi connectivity index (χ4v) is 5.02. The van der Waals surface area contributed by atoms with E-state index in [2.05, 4.69) is 15.9 Å². The Labute approximate surface area is 238 Å². The fraction of sp³-hybridized carbons (Fsp3) is 0.120. The monoisotopic (exact) mass is 643 g/mol. The van der Waals surface area contributed by atoms with Crippen LogP contribution in [0, 0.1) is 0 Å². The number of rotatable bonds is 7. The molecule has 0 saturated heterocycles. The molecule has 0 unspecified atom stereocenters. The van der Waals surface area contributed by atoms with Gasteiger partial charge in [0.2, 0.25) is 0 Å². The molecule has 4 rings (SSSR count). The number of hydrogen-bond donors (Lipinski definition) is 1. The van der Waals surface area contributed by atoms with Crippen molar-refractivity contribution in [2.45, 2.75) is 12.5 Å². The second-order valence-corrected chi connectivity index (χ2v) is 10.3. The number of halogens is 5. The van der Waals surface area contributed by atoms with Crippen LogP contribution in [0.5, 0.6) is 5.75 Å². The van der Waals surface area contributed by atoms with Gasteiger partial charge in [0.15, 0.2) is 12.4 Å². The summed E-state index contributed by atoms with van der Waals surface area (Å²) in [4.78, 5) is 53.2. The fourth-order valence-electron chi connectivity index (χ4n) is 3.74. The van der Waals surface area contributed by atoms with Gasteiger partial charge >= 0.3 is 5.97 Å². The van der Waals surface area contributed by atoms with Gasteiger partial charge in [0.1, 0.15) is 11.8 Å². The second-order valence-electron chi connectivity index (χ2n) is 7.91. The third kappa shape index (κ3) is 5.35. The molecule has 3 aromatic carbocycles. The Kier molecular flexibility index (Phi) is 8.16. The molecular weight excluding hydrogens is 632 g/mol. The van der Waals surface area contributed by atoms with E-state index in [1.165, 1.54) is 24.3 Å². The number of fused-ring (bicyclic) bond motifs is 1. The third-order valence-corrected chi connectivity index (χ3v) is 7.92. The second kappa shape index (κ2) is 11.0. The molecular formula is C25H14BrCl4NO6. The van der Waals surface area contributed by atoms with Gasteiger partial charge in [0.05, 0.1) is 31.2 Å². The van der Waals surface area contributed by atoms with Gasteiger partial charge in [-0.3, -0.25) is 19.3 Å². The van der Waals surface area contributed by atoms with E-state index in [4.69, 9.17) is 51.1 Å². The van der Waals surface area contributed by atoms with Gasteiger partial charge in [-0.2, -0.15) is 0 Å². The highest BCUT2D eigenvalue weighted by molar-refractivity contribution is 9.10. The number of Topliss-reactive ketones (excluding diaryl/α,β-unsaturated/α-hetero) is 1. The molecule has 2 amide bonds. The molecule has 190 valence electrons. The zero-order chi connectivity index (χ0) is 27.0. The molecule has 1 N–H and O–H groups in total. The number of benzene rings is 3. The first-order valence-corrected chi connectivity index (χ1v) is 12.8. The molecule has 0 aromatic heterocycles. The van der Waals surface area contributed by atoms with E-state index in [0.717, 1.165) is 4.47 Å². The number of carbonyl (C=O) groups is 4. The highest BCUT2D eigenvalue weighted by Gasteiger charge is 2.47. The highest BCUT2D eigenvalue weighted by atomic mass is 79.9. The molecule has 0 spiro atoms. The van der Waals surface area contributed by atoms with Crippen LogP contribution in [0.15, 0.2) is 53.0 Å². The molecule has 12 heteroatoms. The number of phenolic OH excluding ortho intramolecular Hbond substituents is 1. The van der Waals surface area contributed by atoms with Crippen LogP contribution >= 0.6 is 62.3 Å². The zero-order valence-electron chi connectivity index (χ0n) is 18.4. The minimum atomic E-state index is -1.50. The predicted molar refractivity (Wildman–Crippen MR) is 142 cm³/mol. The standard InChI is InChI=1S/C25H14BrCl4NO6/c26-13-5-3-12(4-6-13)16(33)10-37-25(36)15(9-11-1-7-14(32)8-2-11)31-23(34)17-18(24(31)35)20(28)22(30)21(29)19(17)27/h1-8,15,32H,9-10H2/t15-/m1/s1. The van der Waals surface area contributed by atoms with Gasteiger partial charge in [-0.15, -0.1) is 0 Å². The van der Waals surface area contributed by atoms with E-state index < -0.39 is 36.2 Å². The van der Waals surface area contributed by atoms with Crippen molar-refractivity contribution in [2.24, 2.45) is 0 Å². The number of aromatic hydroxyl groups is 1. The maximum absolute atomic E-state index is 13.4. The number of ether oxygens (including phenoxy) is 1. The summed E-state index contributed by atoms with van der Waals surface area (Å²) >= 11 is 27.9. The molecule has 1 aliphatic heterocycles. The molecule has 0 saturated carbocycles. The van der Waals surface area contributed by atoms with Gasteiger partial charge in [-0.25, -0.2) is 4.79 Å². The van der Waals surface area contributed by atoms with Crippen molar-refractivity contribution in [3.05, 3.63) is 95.3 Å². The maximum Gasteiger partial charge on any atom is 0.330 e. The summed E-state index contributed by atoms with van der Waals surface area (Å²) in [6.07, 6.45) is -0.187. The van der Waals surface area contributed by atoms with E-state index in [1.54, 1.807) is 24.3 Å². The number of phenols is 1. The first kappa shape index (κ1) is 27.4. The Morgan fingerprint density at radius 2 is 1.35 bits per heavy atom. The van der Waals surface area contributed by atoms with Crippen molar-refractivity contribution in [1.82, 2.24) is 4.90 Å². The lowest BCUT2D eigenvalue weighted by atomic mass is 10.0. The van der Waals surface area contributed by atoms with Gasteiger partial charge < -0.3 is 9.84 Å². The summed E-state index contributed by atoms with van der Waals surface area (Å²) < 4.78 is 6.01. The quantitative estimate of drug-likeness (QED) is 0.105. The summed E-state index contributed by atoms with van der Waals surface area (Å²) in [6.45, 7) is -0.630. The molecule has 0 fully saturated rings. The van der Waals surface area contributed by atoms with E-state index in [-0.39, 0.29) is 43.4 Å². The van der Waals surface area contributed by atoms with Crippen molar-refractivity contribution in [2.75, 3.05) is 6.61 Å². The van der Waals surface area contributed by atoms with Crippen LogP contribution in [0.25, 0.3) is 0 Å². The lowest BCUT2D eigenvalue weighted by Gasteiger charge is -2.24. The van der Waals surface area contributed by atoms with Crippen LogP contribution in [-0.4, -0.2) is 46.2 Å². The molecule has 0 aliphatic carbocycles. The van der Waals surface area contributed by atoms with Crippen LogP contribution in [0.3, 0.4) is 0 Å². The van der Waals surface area contributed by atoms with Crippen LogP contribution in [0.4, 0.5) is 0 Å². The smallest absolute Gasteiger partial charge is 0.330 e. The lowest BCUT2D eigenvalue weighted by molar-refractivity contribution is -0.147. The predicted octanol–water partition coefficient (Wildman–Crippen LogP) is 6.40. The van der Waals surface area contributed by atoms with Crippen molar-refractivity contribution in [3.8, 4) is 5.75 Å². The van der Waals surface area contributed by atoms with Crippen molar-refractivity contribution < 1.29 is 29.0 Å². The molecule has 7 nitrogen and oxygen atoms in total. The van der Waals surface area contributed by atoms with Gasteiger partial charge in [0, 0.05) is 16.5 Å². The minimum Gasteiger partial charge on any atom is -0.508 e. The highest BCUT2D eigenvalue weighted by Crippen LogP contribution is 2.45. The SMILES string of the molecule is O=C(COC(=O)[C@@H](Cc1ccc(O)cc1)N1C(=O)c2c(Cl)c(Cl)c(Cl)c(Cl)c2C1=O)c1ccc(Br)cc1. The average Bonchev–Trinajstić information content (AvgIpc) is 3.14. The largest absolute Gasteiger partial charge is 0.508 e. The Bertz CT molecular complexity index is 1400. The summed E-state index contributed by atoms with van der Waals surface area (Å²) in [5.74, 6) is -3.38. The number of imide groups is 1. The normalized spacial score (nSPS) is 13.5. The molecule has 0 bridgehead atoms. The van der Waals surface area contributed by atoms with E-state index >= 15 is 0 Å². The van der Waals surface area contributed by atoms with Crippen molar-refractivity contribution in [3.63, 3.8) is 0 Å². The van der Waals surface area contributed by atoms with Crippen molar-refractivity contribution in [1.29, 1.82) is 0 Å². The van der Waals surface area contributed by atoms with Crippen LogP contribution in [0.2, 0.25) is 20.1 Å². The minimum absolute atomic E-state index is 0.0217. The molecule has 37 heavy (non-hydrogen) atoms. The summed E-state index contributed by atoms with van der Waals surface area (Å²) in [5, 5.41) is 8.60. The number of carbonyl (C=O) groups excluding carboxylic acids is 4. The number of esters is 1. The summed E-state index contributed by atoms with van der Waals surface area (Å²) in [5.41, 5.74) is 0.208. The van der Waals surface area contributed by atoms with Crippen LogP contribution in [-0.2, 0) is 16.0 Å². The summed E-state index contributed by atoms with van der Waals surface area (Å²) in [7, 11) is 0. The Morgan fingerprint density at radius 1 is 0.838 bits per heavy atom. The molecule has 1 atom stereocenters. The van der Waals surface area contributed by atoms with Gasteiger partial charge in [-0.1, -0.05) is 86.6 Å². The Morgan fingerprint density at radius 3 is 1.86 bits per heavy atom. The van der Waals surface area contributed by atoms with Gasteiger partial charge in [-0.05, 0) is 29.8 Å². The topological polar surface area (TPSA) is 101 Å². The lowest BCUT2D eigenvalue weighted by Crippen LogP contribution is -2.47. The van der Waals surface area contributed by atoms with E-state index in [9.17, 15) is 24.3 Å². The third-order valence-electron chi connectivity index (χ3n) is 5.59. The first-order valence-electron chi connectivity index (χ1n) is 10.5. The van der Waals surface area contributed by atoms with Gasteiger partial charge in [0.25, 0.3) is 11.8 Å². The van der Waals surface area contributed by atoms with Crippen molar-refractivity contribution >= 4 is 85.9 Å². The average molecular weight is 646 g/mol. The Hall–Kier alpha value is -2.62. The molecule has 0 radical (unpaired) electrons. The number of hydrogen-bond acceptors (Lipinski definition) is 6.